The minimum absolute atomic E-state index is 0.0407. The molecule has 214 valence electrons. The summed E-state index contributed by atoms with van der Waals surface area (Å²) in [5.74, 6) is -0.220. The molecule has 0 radical (unpaired) electrons. The number of benzene rings is 2. The maximum Gasteiger partial charge on any atom is 0.247 e. The van der Waals surface area contributed by atoms with Gasteiger partial charge in [0.2, 0.25) is 11.8 Å². The lowest BCUT2D eigenvalue weighted by atomic mass is 9.87. The quantitative estimate of drug-likeness (QED) is 0.188. The lowest BCUT2D eigenvalue weighted by Gasteiger charge is -2.40. The van der Waals surface area contributed by atoms with E-state index >= 15 is 0 Å². The van der Waals surface area contributed by atoms with Crippen LogP contribution >= 0.6 is 34.2 Å². The van der Waals surface area contributed by atoms with Crippen molar-refractivity contribution in [1.82, 2.24) is 10.2 Å². The molecule has 2 amide bonds. The van der Waals surface area contributed by atoms with Crippen molar-refractivity contribution in [2.75, 3.05) is 20.3 Å². The minimum Gasteiger partial charge on any atom is -0.493 e. The Morgan fingerprint density at radius 2 is 1.93 bits per heavy atom. The number of rotatable bonds is 11. The van der Waals surface area contributed by atoms with Gasteiger partial charge in [0.25, 0.3) is 0 Å². The maximum atomic E-state index is 13.5. The highest BCUT2D eigenvalue weighted by molar-refractivity contribution is 14.1. The van der Waals surface area contributed by atoms with Crippen LogP contribution in [0, 0.1) is 3.57 Å². The highest BCUT2D eigenvalue weighted by Crippen LogP contribution is 2.37. The number of hydrogen-bond acceptors (Lipinski definition) is 7. The van der Waals surface area contributed by atoms with Crippen molar-refractivity contribution in [3.05, 3.63) is 79.4 Å². The number of carbonyl (C=O) groups excluding carboxylic acids is 3. The Bertz CT molecular complexity index is 1290. The number of aliphatic hydroxyl groups excluding tert-OH is 2. The maximum absolute atomic E-state index is 13.5. The minimum atomic E-state index is -1.23. The first-order chi connectivity index (χ1) is 19.1. The zero-order chi connectivity index (χ0) is 29.4. The van der Waals surface area contributed by atoms with Gasteiger partial charge >= 0.3 is 0 Å². The standard InChI is InChI=1S/C29H32ClIN2O7/c1-17(2)10-26(36)33(15-18-4-6-21(30)7-5-18)23-13-20(29(38)32-8-9-34)14-24(27(23)37)40-28-22(31)11-19(16-35)12-25(28)39-3/h4-7,10-12,14,16,23-24,27,34,37H,8-9,13,15H2,1-3H3,(H,32,38). The van der Waals surface area contributed by atoms with Crippen LogP contribution in [0.3, 0.4) is 0 Å². The second kappa shape index (κ2) is 14.6. The van der Waals surface area contributed by atoms with Gasteiger partial charge in [0.05, 0.1) is 23.3 Å². The molecule has 2 aromatic carbocycles. The third kappa shape index (κ3) is 8.06. The summed E-state index contributed by atoms with van der Waals surface area (Å²) in [5, 5.41) is 24.0. The van der Waals surface area contributed by atoms with Crippen molar-refractivity contribution in [1.29, 1.82) is 0 Å². The molecular weight excluding hydrogens is 651 g/mol. The van der Waals surface area contributed by atoms with Crippen molar-refractivity contribution in [2.45, 2.75) is 45.1 Å². The molecule has 0 aromatic heterocycles. The van der Waals surface area contributed by atoms with Crippen molar-refractivity contribution in [2.24, 2.45) is 0 Å². The third-order valence-corrected chi connectivity index (χ3v) is 7.27. The Kier molecular flexibility index (Phi) is 11.6. The van der Waals surface area contributed by atoms with Crippen molar-refractivity contribution in [3.63, 3.8) is 0 Å². The van der Waals surface area contributed by atoms with E-state index in [1.807, 2.05) is 22.6 Å². The molecule has 11 heteroatoms. The highest BCUT2D eigenvalue weighted by atomic mass is 127. The van der Waals surface area contributed by atoms with Gasteiger partial charge in [-0.3, -0.25) is 14.4 Å². The fraction of sp³-hybridized carbons (Fsp3) is 0.345. The molecule has 1 aliphatic rings. The molecule has 0 saturated heterocycles. The number of halogens is 2. The van der Waals surface area contributed by atoms with Gasteiger partial charge in [-0.05, 0) is 72.3 Å². The number of carbonyl (C=O) groups is 3. The van der Waals surface area contributed by atoms with Gasteiger partial charge in [-0.15, -0.1) is 0 Å². The largest absolute Gasteiger partial charge is 0.493 e. The Morgan fingerprint density at radius 1 is 1.23 bits per heavy atom. The van der Waals surface area contributed by atoms with Crippen molar-refractivity contribution in [3.8, 4) is 11.5 Å². The Hall–Kier alpha value is -2.93. The Labute approximate surface area is 251 Å². The summed E-state index contributed by atoms with van der Waals surface area (Å²) in [6.07, 6.45) is 1.45. The van der Waals surface area contributed by atoms with Gasteiger partial charge in [0.1, 0.15) is 18.5 Å². The van der Waals surface area contributed by atoms with Gasteiger partial charge in [0, 0.05) is 41.7 Å². The van der Waals surface area contributed by atoms with Gasteiger partial charge in [-0.1, -0.05) is 29.3 Å². The first kappa shape index (κ1) is 31.6. The molecule has 3 unspecified atom stereocenters. The fourth-order valence-electron chi connectivity index (χ4n) is 4.31. The summed E-state index contributed by atoms with van der Waals surface area (Å²) in [7, 11) is 1.43. The summed E-state index contributed by atoms with van der Waals surface area (Å²) in [5.41, 5.74) is 2.23. The molecule has 0 heterocycles. The van der Waals surface area contributed by atoms with E-state index < -0.39 is 24.2 Å². The summed E-state index contributed by atoms with van der Waals surface area (Å²) in [6, 6.07) is 9.30. The SMILES string of the molecule is COc1cc(C=O)cc(I)c1OC1C=C(C(=O)NCCO)CC(N(Cc2ccc(Cl)cc2)C(=O)C=C(C)C)C1O. The number of methoxy groups -OCH3 is 1. The average molecular weight is 683 g/mol. The molecule has 0 saturated carbocycles. The number of nitrogens with zero attached hydrogens (tertiary/aromatic N) is 1. The highest BCUT2D eigenvalue weighted by Gasteiger charge is 2.40. The molecule has 3 rings (SSSR count). The molecule has 0 aliphatic heterocycles. The van der Waals surface area contributed by atoms with Crippen LogP contribution in [-0.4, -0.2) is 71.7 Å². The second-order valence-electron chi connectivity index (χ2n) is 9.48. The first-order valence-corrected chi connectivity index (χ1v) is 14.0. The van der Waals surface area contributed by atoms with Crippen molar-refractivity contribution >= 4 is 52.3 Å². The van der Waals surface area contributed by atoms with E-state index in [0.717, 1.165) is 11.1 Å². The number of hydrogen-bond donors (Lipinski definition) is 3. The van der Waals surface area contributed by atoms with E-state index in [1.54, 1.807) is 44.2 Å². The summed E-state index contributed by atoms with van der Waals surface area (Å²) in [6.45, 7) is 3.54. The molecule has 3 atom stereocenters. The topological polar surface area (TPSA) is 125 Å². The average Bonchev–Trinajstić information content (AvgIpc) is 2.92. The predicted molar refractivity (Wildman–Crippen MR) is 160 cm³/mol. The molecule has 0 bridgehead atoms. The number of nitrogens with one attached hydrogen (secondary N) is 1. The van der Waals surface area contributed by atoms with Crippen LogP contribution in [-0.2, 0) is 16.1 Å². The fourth-order valence-corrected chi connectivity index (χ4v) is 5.19. The van der Waals surface area contributed by atoms with Crippen LogP contribution in [0.5, 0.6) is 11.5 Å². The number of aliphatic hydroxyl groups is 2. The molecule has 9 nitrogen and oxygen atoms in total. The smallest absolute Gasteiger partial charge is 0.247 e. The molecule has 2 aromatic rings. The molecule has 0 fully saturated rings. The Morgan fingerprint density at radius 3 is 2.52 bits per heavy atom. The van der Waals surface area contributed by atoms with E-state index in [9.17, 15) is 24.6 Å². The van der Waals surface area contributed by atoms with E-state index in [0.29, 0.717) is 26.0 Å². The van der Waals surface area contributed by atoms with Crippen LogP contribution in [0.2, 0.25) is 5.02 Å². The molecule has 3 N–H and O–H groups in total. The van der Waals surface area contributed by atoms with Crippen LogP contribution in [0.15, 0.2) is 59.7 Å². The van der Waals surface area contributed by atoms with Crippen LogP contribution in [0.25, 0.3) is 0 Å². The van der Waals surface area contributed by atoms with Gasteiger partial charge in [-0.25, -0.2) is 0 Å². The van der Waals surface area contributed by atoms with E-state index in [2.05, 4.69) is 5.32 Å². The lowest BCUT2D eigenvalue weighted by molar-refractivity contribution is -0.134. The molecule has 40 heavy (non-hydrogen) atoms. The summed E-state index contributed by atoms with van der Waals surface area (Å²) in [4.78, 5) is 39.4. The van der Waals surface area contributed by atoms with Crippen LogP contribution in [0.4, 0.5) is 0 Å². The zero-order valence-corrected chi connectivity index (χ0v) is 25.3. The molecular formula is C29H32ClIN2O7. The van der Waals surface area contributed by atoms with Gasteiger partial charge in [0.15, 0.2) is 11.5 Å². The lowest BCUT2D eigenvalue weighted by Crippen LogP contribution is -2.54. The van der Waals surface area contributed by atoms with E-state index in [4.69, 9.17) is 21.1 Å². The number of allylic oxidation sites excluding steroid dienone is 1. The monoisotopic (exact) mass is 682 g/mol. The van der Waals surface area contributed by atoms with Crippen LogP contribution < -0.4 is 14.8 Å². The van der Waals surface area contributed by atoms with Gasteiger partial charge < -0.3 is 29.9 Å². The van der Waals surface area contributed by atoms with Crippen LogP contribution in [0.1, 0.15) is 36.2 Å². The molecule has 1 aliphatic carbocycles. The second-order valence-corrected chi connectivity index (χ2v) is 11.1. The Balaban J connectivity index is 2.07. The van der Waals surface area contributed by atoms with Crippen molar-refractivity contribution < 1.29 is 34.1 Å². The number of amides is 2. The van der Waals surface area contributed by atoms with E-state index in [1.165, 1.54) is 30.2 Å². The molecule has 0 spiro atoms. The number of aldehydes is 1. The third-order valence-electron chi connectivity index (χ3n) is 6.22. The summed E-state index contributed by atoms with van der Waals surface area (Å²) < 4.78 is 12.2. The first-order valence-electron chi connectivity index (χ1n) is 12.5. The van der Waals surface area contributed by atoms with Gasteiger partial charge in [-0.2, -0.15) is 0 Å². The zero-order valence-electron chi connectivity index (χ0n) is 22.4. The normalized spacial score (nSPS) is 18.3. The predicted octanol–water partition coefficient (Wildman–Crippen LogP) is 3.68. The summed E-state index contributed by atoms with van der Waals surface area (Å²) >= 11 is 8.06. The van der Waals surface area contributed by atoms with E-state index in [-0.39, 0.29) is 43.5 Å². The number of ether oxygens (including phenoxy) is 2.